The number of halogens is 1. The van der Waals surface area contributed by atoms with Crippen molar-refractivity contribution in [2.45, 2.75) is 31.8 Å². The second kappa shape index (κ2) is 7.62. The predicted molar refractivity (Wildman–Crippen MR) is 97.6 cm³/mol. The molecule has 24 heavy (non-hydrogen) atoms. The van der Waals surface area contributed by atoms with Gasteiger partial charge in [0.15, 0.2) is 5.11 Å². The molecule has 1 heterocycles. The first-order valence-corrected chi connectivity index (χ1v) is 8.58. The SMILES string of the molecule is C[C@H](NC(=S)N[C@@H]1CCCOc2ccc(F)cc21)c1ccccc1. The van der Waals surface area contributed by atoms with Crippen LogP contribution in [-0.4, -0.2) is 11.7 Å². The van der Waals surface area contributed by atoms with Crippen molar-refractivity contribution in [2.24, 2.45) is 0 Å². The lowest BCUT2D eigenvalue weighted by Gasteiger charge is -2.23. The molecule has 0 spiro atoms. The molecule has 2 N–H and O–H groups in total. The number of hydrogen-bond acceptors (Lipinski definition) is 2. The summed E-state index contributed by atoms with van der Waals surface area (Å²) in [6, 6.07) is 14.8. The van der Waals surface area contributed by atoms with Crippen LogP contribution in [0.2, 0.25) is 0 Å². The van der Waals surface area contributed by atoms with Crippen LogP contribution in [0.1, 0.15) is 43.0 Å². The van der Waals surface area contributed by atoms with Crippen molar-refractivity contribution in [3.8, 4) is 5.75 Å². The Morgan fingerprint density at radius 3 is 2.83 bits per heavy atom. The third-order valence-corrected chi connectivity index (χ3v) is 4.43. The fraction of sp³-hybridized carbons (Fsp3) is 0.316. The molecule has 3 nitrogen and oxygen atoms in total. The highest BCUT2D eigenvalue weighted by Gasteiger charge is 2.21. The number of thiocarbonyl (C=S) groups is 1. The molecule has 126 valence electrons. The van der Waals surface area contributed by atoms with Crippen molar-refractivity contribution < 1.29 is 9.13 Å². The Morgan fingerprint density at radius 1 is 1.25 bits per heavy atom. The second-order valence-electron chi connectivity index (χ2n) is 5.98. The maximum Gasteiger partial charge on any atom is 0.167 e. The molecule has 0 saturated carbocycles. The van der Waals surface area contributed by atoms with E-state index in [9.17, 15) is 4.39 Å². The van der Waals surface area contributed by atoms with Gasteiger partial charge < -0.3 is 15.4 Å². The van der Waals surface area contributed by atoms with Gasteiger partial charge in [0.05, 0.1) is 18.7 Å². The molecule has 0 saturated heterocycles. The molecule has 0 aliphatic carbocycles. The fourth-order valence-electron chi connectivity index (χ4n) is 2.92. The van der Waals surface area contributed by atoms with Crippen LogP contribution in [0.3, 0.4) is 0 Å². The van der Waals surface area contributed by atoms with Crippen LogP contribution in [0, 0.1) is 5.82 Å². The minimum Gasteiger partial charge on any atom is -0.493 e. The normalized spacial score (nSPS) is 17.8. The van der Waals surface area contributed by atoms with Gasteiger partial charge in [-0.1, -0.05) is 30.3 Å². The quantitative estimate of drug-likeness (QED) is 0.815. The summed E-state index contributed by atoms with van der Waals surface area (Å²) in [5.41, 5.74) is 1.99. The average molecular weight is 344 g/mol. The first-order chi connectivity index (χ1) is 11.6. The van der Waals surface area contributed by atoms with Gasteiger partial charge in [-0.25, -0.2) is 4.39 Å². The largest absolute Gasteiger partial charge is 0.493 e. The second-order valence-corrected chi connectivity index (χ2v) is 6.38. The molecular weight excluding hydrogens is 323 g/mol. The summed E-state index contributed by atoms with van der Waals surface area (Å²) in [5.74, 6) is 0.466. The van der Waals surface area contributed by atoms with E-state index >= 15 is 0 Å². The Bertz CT molecular complexity index is 708. The topological polar surface area (TPSA) is 33.3 Å². The van der Waals surface area contributed by atoms with Gasteiger partial charge in [-0.05, 0) is 55.7 Å². The minimum atomic E-state index is -0.261. The van der Waals surface area contributed by atoms with Crippen LogP contribution in [0.15, 0.2) is 48.5 Å². The molecule has 2 aromatic carbocycles. The lowest BCUT2D eigenvalue weighted by molar-refractivity contribution is 0.315. The van der Waals surface area contributed by atoms with E-state index in [2.05, 4.69) is 29.7 Å². The summed E-state index contributed by atoms with van der Waals surface area (Å²) in [6.45, 7) is 2.70. The van der Waals surface area contributed by atoms with E-state index in [-0.39, 0.29) is 17.9 Å². The maximum absolute atomic E-state index is 13.6. The van der Waals surface area contributed by atoms with Gasteiger partial charge in [-0.15, -0.1) is 0 Å². The Hall–Kier alpha value is -2.14. The maximum atomic E-state index is 13.6. The molecule has 0 radical (unpaired) electrons. The summed E-state index contributed by atoms with van der Waals surface area (Å²) in [7, 11) is 0. The van der Waals surface area contributed by atoms with E-state index in [1.54, 1.807) is 6.07 Å². The van der Waals surface area contributed by atoms with Crippen LogP contribution in [0.4, 0.5) is 4.39 Å². The Labute approximate surface area is 147 Å². The number of hydrogen-bond donors (Lipinski definition) is 2. The van der Waals surface area contributed by atoms with E-state index < -0.39 is 0 Å². The smallest absolute Gasteiger partial charge is 0.167 e. The molecule has 2 aromatic rings. The molecule has 0 aromatic heterocycles. The van der Waals surface area contributed by atoms with E-state index in [0.29, 0.717) is 11.7 Å². The molecule has 0 unspecified atom stereocenters. The van der Waals surface area contributed by atoms with Crippen molar-refractivity contribution in [3.63, 3.8) is 0 Å². The van der Waals surface area contributed by atoms with Crippen molar-refractivity contribution in [2.75, 3.05) is 6.61 Å². The highest BCUT2D eigenvalue weighted by atomic mass is 32.1. The van der Waals surface area contributed by atoms with Crippen LogP contribution in [-0.2, 0) is 0 Å². The number of rotatable bonds is 3. The number of benzene rings is 2. The molecule has 0 fully saturated rings. The summed E-state index contributed by atoms with van der Waals surface area (Å²) >= 11 is 5.46. The van der Waals surface area contributed by atoms with Gasteiger partial charge in [0.1, 0.15) is 11.6 Å². The van der Waals surface area contributed by atoms with Crippen LogP contribution in [0.5, 0.6) is 5.75 Å². The summed E-state index contributed by atoms with van der Waals surface area (Å²) in [5, 5.41) is 7.18. The Morgan fingerprint density at radius 2 is 2.04 bits per heavy atom. The molecule has 1 aliphatic heterocycles. The van der Waals surface area contributed by atoms with E-state index in [0.717, 1.165) is 29.7 Å². The van der Waals surface area contributed by atoms with Crippen LogP contribution >= 0.6 is 12.2 Å². The van der Waals surface area contributed by atoms with Gasteiger partial charge in [0, 0.05) is 5.56 Å². The first-order valence-electron chi connectivity index (χ1n) is 8.17. The highest BCUT2D eigenvalue weighted by Crippen LogP contribution is 2.32. The third-order valence-electron chi connectivity index (χ3n) is 4.19. The molecule has 3 rings (SSSR count). The van der Waals surface area contributed by atoms with Crippen LogP contribution < -0.4 is 15.4 Å². The lowest BCUT2D eigenvalue weighted by Crippen LogP contribution is -2.39. The molecule has 2 atom stereocenters. The zero-order chi connectivity index (χ0) is 16.9. The number of fused-ring (bicyclic) bond motifs is 1. The van der Waals surface area contributed by atoms with Gasteiger partial charge in [0.25, 0.3) is 0 Å². The fourth-order valence-corrected chi connectivity index (χ4v) is 3.24. The molecular formula is C19H21FN2OS. The average Bonchev–Trinajstić information content (AvgIpc) is 2.78. The minimum absolute atomic E-state index is 0.0545. The molecule has 1 aliphatic rings. The zero-order valence-corrected chi connectivity index (χ0v) is 14.4. The van der Waals surface area contributed by atoms with Gasteiger partial charge in [-0.2, -0.15) is 0 Å². The van der Waals surface area contributed by atoms with Crippen molar-refractivity contribution in [3.05, 3.63) is 65.5 Å². The van der Waals surface area contributed by atoms with E-state index in [1.165, 1.54) is 12.1 Å². The Kier molecular flexibility index (Phi) is 5.30. The lowest BCUT2D eigenvalue weighted by atomic mass is 10.0. The van der Waals surface area contributed by atoms with Crippen molar-refractivity contribution >= 4 is 17.3 Å². The molecule has 0 bridgehead atoms. The zero-order valence-electron chi connectivity index (χ0n) is 13.6. The van der Waals surface area contributed by atoms with Gasteiger partial charge >= 0.3 is 0 Å². The third kappa shape index (κ3) is 4.03. The van der Waals surface area contributed by atoms with E-state index in [1.807, 2.05) is 18.2 Å². The number of ether oxygens (including phenoxy) is 1. The summed E-state index contributed by atoms with van der Waals surface area (Å²) in [6.07, 6.45) is 1.74. The van der Waals surface area contributed by atoms with Crippen molar-refractivity contribution in [1.29, 1.82) is 0 Å². The monoisotopic (exact) mass is 344 g/mol. The predicted octanol–water partition coefficient (Wildman–Crippen LogP) is 4.26. The van der Waals surface area contributed by atoms with Gasteiger partial charge in [0.2, 0.25) is 0 Å². The van der Waals surface area contributed by atoms with Crippen molar-refractivity contribution in [1.82, 2.24) is 10.6 Å². The Balaban J connectivity index is 1.69. The molecule has 0 amide bonds. The van der Waals surface area contributed by atoms with Crippen LogP contribution in [0.25, 0.3) is 0 Å². The summed E-state index contributed by atoms with van der Waals surface area (Å²) < 4.78 is 19.3. The number of nitrogens with one attached hydrogen (secondary N) is 2. The summed E-state index contributed by atoms with van der Waals surface area (Å²) in [4.78, 5) is 0. The standard InChI is InChI=1S/C19H21FN2OS/c1-13(14-6-3-2-4-7-14)21-19(24)22-17-8-5-11-23-18-10-9-15(20)12-16(17)18/h2-4,6-7,9-10,12-13,17H,5,8,11H2,1H3,(H2,21,22,24)/t13-,17+/m0/s1. The van der Waals surface area contributed by atoms with Gasteiger partial charge in [-0.3, -0.25) is 0 Å². The van der Waals surface area contributed by atoms with E-state index in [4.69, 9.17) is 17.0 Å². The first kappa shape index (κ1) is 16.7. The molecule has 5 heteroatoms. The highest BCUT2D eigenvalue weighted by molar-refractivity contribution is 7.80.